The smallest absolute Gasteiger partial charge is 0.687 e. The third kappa shape index (κ3) is 3.63. The van der Waals surface area contributed by atoms with E-state index in [1.165, 1.54) is 0 Å². The van der Waals surface area contributed by atoms with Gasteiger partial charge in [-0.2, -0.15) is 5.26 Å². The molecule has 2 rings (SSSR count). The molecule has 1 heterocycles. The maximum absolute atomic E-state index is 9.21. The zero-order valence-corrected chi connectivity index (χ0v) is 15.2. The maximum Gasteiger partial charge on any atom is 1.00 e. The van der Waals surface area contributed by atoms with Crippen LogP contribution in [0.2, 0.25) is 0 Å². The van der Waals surface area contributed by atoms with E-state index in [0.29, 0.717) is 17.1 Å². The Labute approximate surface area is 154 Å². The summed E-state index contributed by atoms with van der Waals surface area (Å²) >= 11 is 0. The minimum atomic E-state index is 0. The van der Waals surface area contributed by atoms with Gasteiger partial charge in [0.2, 0.25) is 0 Å². The third-order valence-electron chi connectivity index (χ3n) is 2.35. The van der Waals surface area contributed by atoms with Crippen molar-refractivity contribution < 1.29 is 63.3 Å². The van der Waals surface area contributed by atoms with E-state index in [9.17, 15) is 5.11 Å². The molecule has 0 unspecified atom stereocenters. The van der Waals surface area contributed by atoms with E-state index in [2.05, 4.69) is 10.3 Å². The molecule has 84 valence electrons. The van der Waals surface area contributed by atoms with Crippen molar-refractivity contribution in [3.63, 3.8) is 0 Å². The van der Waals surface area contributed by atoms with Crippen LogP contribution in [0.4, 0.5) is 5.69 Å². The van der Waals surface area contributed by atoms with Gasteiger partial charge in [0.05, 0.1) is 5.69 Å². The molecule has 1 aromatic carbocycles. The minimum absolute atomic E-state index is 0. The number of phenolic OH excluding ortho intramolecular Hbond substituents is 1. The number of hydrogen-bond acceptors (Lipinski definition) is 3. The van der Waals surface area contributed by atoms with Crippen molar-refractivity contribution in [3.8, 4) is 23.1 Å². The summed E-state index contributed by atoms with van der Waals surface area (Å²) in [5.74, 6) is 0.200. The van der Waals surface area contributed by atoms with Crippen molar-refractivity contribution >= 4 is 5.69 Å². The molecule has 0 aliphatic carbocycles. The first-order valence-electron chi connectivity index (χ1n) is 5.04. The molecule has 1 N–H and O–H groups in total. The van der Waals surface area contributed by atoms with Crippen molar-refractivity contribution in [3.05, 3.63) is 47.4 Å². The number of benzene rings is 1. The van der Waals surface area contributed by atoms with Crippen LogP contribution in [0.3, 0.4) is 0 Å². The normalized spacial score (nSPS) is 9.11. The van der Waals surface area contributed by atoms with Gasteiger partial charge in [0.1, 0.15) is 17.5 Å². The van der Waals surface area contributed by atoms with Gasteiger partial charge in [-0.3, -0.25) is 0 Å². The molecule has 18 heavy (non-hydrogen) atoms. The summed E-state index contributed by atoms with van der Waals surface area (Å²) in [6, 6.07) is 12.1. The second-order valence-corrected chi connectivity index (χ2v) is 3.48. The van der Waals surface area contributed by atoms with Crippen LogP contribution in [0.25, 0.3) is 16.6 Å². The maximum atomic E-state index is 9.21. The van der Waals surface area contributed by atoms with Crippen LogP contribution >= 0.6 is 0 Å². The molecule has 4 nitrogen and oxygen atoms in total. The van der Waals surface area contributed by atoms with E-state index in [4.69, 9.17) is 5.26 Å². The molecule has 0 atom stereocenters. The number of pyridine rings is 1. The Kier molecular flexibility index (Phi) is 5.96. The Morgan fingerprint density at radius 1 is 1.22 bits per heavy atom. The molecule has 0 aliphatic rings. The first kappa shape index (κ1) is 15.3. The van der Waals surface area contributed by atoms with Gasteiger partial charge in [-0.1, -0.05) is 6.07 Å². The molecule has 0 spiro atoms. The van der Waals surface area contributed by atoms with Crippen molar-refractivity contribution in [2.75, 3.05) is 7.05 Å². The van der Waals surface area contributed by atoms with Gasteiger partial charge >= 0.3 is 58.2 Å². The Hall–Kier alpha value is -0.735. The molecule has 0 fully saturated rings. The van der Waals surface area contributed by atoms with Crippen molar-refractivity contribution in [1.29, 1.82) is 5.26 Å². The van der Waals surface area contributed by atoms with Gasteiger partial charge < -0.3 is 10.4 Å². The van der Waals surface area contributed by atoms with Gasteiger partial charge in [0.25, 0.3) is 0 Å². The quantitative estimate of drug-likeness (QED) is 0.846. The summed E-state index contributed by atoms with van der Waals surface area (Å²) in [5.41, 5.74) is 2.55. The monoisotopic (exact) mass is 309 g/mol. The van der Waals surface area contributed by atoms with Crippen LogP contribution in [0.1, 0.15) is 5.69 Å². The Bertz CT molecular complexity index is 576. The van der Waals surface area contributed by atoms with Crippen LogP contribution in [-0.2, 0) is 0 Å². The largest absolute Gasteiger partial charge is 1.00 e. The Morgan fingerprint density at radius 3 is 2.44 bits per heavy atom. The number of nitrogens with zero attached hydrogens (tertiary/aromatic N) is 3. The number of rotatable bonds is 2. The van der Waals surface area contributed by atoms with E-state index < -0.39 is 0 Å². The topological polar surface area (TPSA) is 71.0 Å². The predicted molar refractivity (Wildman–Crippen MR) is 65.0 cm³/mol. The summed E-state index contributed by atoms with van der Waals surface area (Å²) in [6.07, 6.45) is 0. The Morgan fingerprint density at radius 2 is 1.89 bits per heavy atom. The van der Waals surface area contributed by atoms with Gasteiger partial charge in [0, 0.05) is 5.56 Å². The second-order valence-electron chi connectivity index (χ2n) is 3.48. The van der Waals surface area contributed by atoms with E-state index in [0.717, 1.165) is 5.56 Å². The summed E-state index contributed by atoms with van der Waals surface area (Å²) in [4.78, 5) is 4.20. The third-order valence-corrected chi connectivity index (χ3v) is 2.35. The Balaban J connectivity index is 0.00000162. The van der Waals surface area contributed by atoms with Gasteiger partial charge in [-0.25, -0.2) is 4.98 Å². The van der Waals surface area contributed by atoms with Crippen LogP contribution in [0.5, 0.6) is 5.75 Å². The van der Waals surface area contributed by atoms with Crippen LogP contribution in [0.15, 0.2) is 36.4 Å². The molecule has 0 radical (unpaired) electrons. The molecular weight excluding hydrogens is 300 g/mol. The van der Waals surface area contributed by atoms with E-state index >= 15 is 0 Å². The molecule has 5 heteroatoms. The SMILES string of the molecule is C[N-]c1cc(C#N)nc(-c2ccc(O)cc2)c1.[Rb+]. The summed E-state index contributed by atoms with van der Waals surface area (Å²) in [7, 11) is 1.66. The average molecular weight is 310 g/mol. The summed E-state index contributed by atoms with van der Waals surface area (Å²) in [6.45, 7) is 0. The molecule has 0 aliphatic heterocycles. The zero-order valence-electron chi connectivity index (χ0n) is 10.3. The molecule has 1 aromatic heterocycles. The van der Waals surface area contributed by atoms with Crippen LogP contribution < -0.4 is 58.2 Å². The van der Waals surface area contributed by atoms with Crippen molar-refractivity contribution in [2.45, 2.75) is 0 Å². The van der Waals surface area contributed by atoms with Gasteiger partial charge in [0.15, 0.2) is 0 Å². The molecule has 0 amide bonds. The van der Waals surface area contributed by atoms with Crippen LogP contribution in [-0.4, -0.2) is 17.1 Å². The van der Waals surface area contributed by atoms with E-state index in [-0.39, 0.29) is 63.9 Å². The molecule has 2 aromatic rings. The number of aromatic nitrogens is 1. The van der Waals surface area contributed by atoms with Crippen LogP contribution in [0, 0.1) is 11.3 Å². The molecule has 0 bridgehead atoms. The summed E-state index contributed by atoms with van der Waals surface area (Å²) < 4.78 is 0. The van der Waals surface area contributed by atoms with Crippen molar-refractivity contribution in [1.82, 2.24) is 4.98 Å². The average Bonchev–Trinajstić information content (AvgIpc) is 2.39. The van der Waals surface area contributed by atoms with Gasteiger partial charge in [-0.15, -0.1) is 12.7 Å². The fourth-order valence-corrected chi connectivity index (χ4v) is 1.48. The molecular formula is C13H10N3ORb. The zero-order chi connectivity index (χ0) is 12.3. The number of nitriles is 1. The van der Waals surface area contributed by atoms with E-state index in [1.54, 1.807) is 43.4 Å². The molecule has 0 saturated carbocycles. The first-order chi connectivity index (χ1) is 8.22. The van der Waals surface area contributed by atoms with Gasteiger partial charge in [-0.05, 0) is 30.3 Å². The number of phenols is 1. The minimum Gasteiger partial charge on any atom is -0.687 e. The number of hydrogen-bond donors (Lipinski definition) is 1. The second kappa shape index (κ2) is 7.00. The fraction of sp³-hybridized carbons (Fsp3) is 0.0769. The predicted octanol–water partition coefficient (Wildman–Crippen LogP) is -0.0351. The standard InChI is InChI=1S/C13H10N3O.Rb/c1-15-10-6-11(8-14)16-13(7-10)9-2-4-12(17)5-3-9;/h2-7H,1H3,(H-,15,16,17);/q-1;+1. The van der Waals surface area contributed by atoms with Crippen molar-refractivity contribution in [2.24, 2.45) is 0 Å². The summed E-state index contributed by atoms with van der Waals surface area (Å²) in [5, 5.41) is 22.1. The number of aromatic hydroxyl groups is 1. The first-order valence-corrected chi connectivity index (χ1v) is 5.04. The van der Waals surface area contributed by atoms with E-state index in [1.807, 2.05) is 6.07 Å². The molecule has 0 saturated heterocycles. The fourth-order valence-electron chi connectivity index (χ4n) is 1.48.